The lowest BCUT2D eigenvalue weighted by Gasteiger charge is -2.20. The van der Waals surface area contributed by atoms with Gasteiger partial charge in [0.2, 0.25) is 5.96 Å². The van der Waals surface area contributed by atoms with E-state index in [1.165, 1.54) is 11.1 Å². The third-order valence-corrected chi connectivity index (χ3v) is 3.97. The zero-order valence-corrected chi connectivity index (χ0v) is 13.1. The molecule has 1 aliphatic rings. The molecule has 5 N–H and O–H groups in total. The third kappa shape index (κ3) is 3.74. The number of nitrogens with one attached hydrogen (secondary N) is 1. The lowest BCUT2D eigenvalue weighted by Crippen LogP contribution is -2.31. The monoisotopic (exact) mass is 287 g/mol. The number of hydrogen-bond acceptors (Lipinski definition) is 1. The first-order chi connectivity index (χ1) is 9.77. The van der Waals surface area contributed by atoms with Crippen LogP contribution in [0.4, 0.5) is 0 Å². The minimum absolute atomic E-state index is 0.0574. The smallest absolute Gasteiger partial charge is 0.221 e. The highest BCUT2D eigenvalue weighted by molar-refractivity contribution is 5.91. The molecule has 1 fully saturated rings. The SMILES string of the molecule is CC(C)(C)c1ccc(C2CCN(C(=N)N=C(N)N)C2)cc1. The van der Waals surface area contributed by atoms with E-state index in [9.17, 15) is 0 Å². The highest BCUT2D eigenvalue weighted by Gasteiger charge is 2.26. The van der Waals surface area contributed by atoms with Gasteiger partial charge in [0.05, 0.1) is 0 Å². The maximum atomic E-state index is 7.86. The summed E-state index contributed by atoms with van der Waals surface area (Å²) >= 11 is 0. The second-order valence-corrected chi connectivity index (χ2v) is 6.66. The zero-order valence-electron chi connectivity index (χ0n) is 13.1. The Morgan fingerprint density at radius 2 is 1.86 bits per heavy atom. The van der Waals surface area contributed by atoms with Gasteiger partial charge in [-0.2, -0.15) is 4.99 Å². The number of benzene rings is 1. The van der Waals surface area contributed by atoms with Gasteiger partial charge in [0.15, 0.2) is 5.96 Å². The molecule has 1 atom stereocenters. The van der Waals surface area contributed by atoms with E-state index in [1.54, 1.807) is 0 Å². The molecule has 0 amide bonds. The maximum Gasteiger partial charge on any atom is 0.221 e. The molecule has 114 valence electrons. The van der Waals surface area contributed by atoms with Crippen LogP contribution in [0.5, 0.6) is 0 Å². The second kappa shape index (κ2) is 5.76. The van der Waals surface area contributed by atoms with Crippen molar-refractivity contribution in [3.63, 3.8) is 0 Å². The van der Waals surface area contributed by atoms with Gasteiger partial charge in [-0.15, -0.1) is 0 Å². The van der Waals surface area contributed by atoms with Gasteiger partial charge in [-0.25, -0.2) is 0 Å². The van der Waals surface area contributed by atoms with Gasteiger partial charge in [0.1, 0.15) is 0 Å². The number of likely N-dealkylation sites (tertiary alicyclic amines) is 1. The number of rotatable bonds is 1. The van der Waals surface area contributed by atoms with Crippen LogP contribution < -0.4 is 11.5 Å². The van der Waals surface area contributed by atoms with E-state index in [0.717, 1.165) is 19.5 Å². The van der Waals surface area contributed by atoms with Crippen molar-refractivity contribution in [2.24, 2.45) is 16.5 Å². The second-order valence-electron chi connectivity index (χ2n) is 6.66. The van der Waals surface area contributed by atoms with Crippen LogP contribution in [0.2, 0.25) is 0 Å². The maximum absolute atomic E-state index is 7.86. The van der Waals surface area contributed by atoms with E-state index in [2.05, 4.69) is 50.0 Å². The Balaban J connectivity index is 2.05. The van der Waals surface area contributed by atoms with Crippen molar-refractivity contribution in [2.45, 2.75) is 38.5 Å². The highest BCUT2D eigenvalue weighted by atomic mass is 15.3. The summed E-state index contributed by atoms with van der Waals surface area (Å²) in [5, 5.41) is 7.86. The molecule has 1 aromatic carbocycles. The number of nitrogens with zero attached hydrogens (tertiary/aromatic N) is 2. The van der Waals surface area contributed by atoms with Gasteiger partial charge >= 0.3 is 0 Å². The molecule has 21 heavy (non-hydrogen) atoms. The number of guanidine groups is 2. The van der Waals surface area contributed by atoms with Crippen molar-refractivity contribution in [3.05, 3.63) is 35.4 Å². The van der Waals surface area contributed by atoms with Crippen molar-refractivity contribution in [1.82, 2.24) is 4.90 Å². The first kappa shape index (κ1) is 15.4. The number of aliphatic imine (C=N–C) groups is 1. The number of hydrogen-bond donors (Lipinski definition) is 3. The molecule has 0 spiro atoms. The summed E-state index contributed by atoms with van der Waals surface area (Å²) in [4.78, 5) is 5.73. The predicted octanol–water partition coefficient (Wildman–Crippen LogP) is 1.98. The van der Waals surface area contributed by atoms with Crippen LogP contribution in [0.25, 0.3) is 0 Å². The van der Waals surface area contributed by atoms with Gasteiger partial charge in [-0.1, -0.05) is 45.0 Å². The molecular weight excluding hydrogens is 262 g/mol. The summed E-state index contributed by atoms with van der Waals surface area (Å²) < 4.78 is 0. The Bertz CT molecular complexity index is 535. The molecular formula is C16H25N5. The molecule has 1 heterocycles. The number of nitrogens with two attached hydrogens (primary N) is 2. The van der Waals surface area contributed by atoms with Crippen LogP contribution in [0.3, 0.4) is 0 Å². The van der Waals surface area contributed by atoms with Crippen molar-refractivity contribution in [3.8, 4) is 0 Å². The molecule has 1 saturated heterocycles. The molecule has 5 nitrogen and oxygen atoms in total. The van der Waals surface area contributed by atoms with Crippen LogP contribution in [-0.2, 0) is 5.41 Å². The highest BCUT2D eigenvalue weighted by Crippen LogP contribution is 2.29. The Morgan fingerprint density at radius 1 is 1.24 bits per heavy atom. The Kier molecular flexibility index (Phi) is 4.21. The van der Waals surface area contributed by atoms with E-state index in [1.807, 2.05) is 4.90 Å². The molecule has 2 rings (SSSR count). The van der Waals surface area contributed by atoms with Crippen molar-refractivity contribution < 1.29 is 0 Å². The standard InChI is InChI=1S/C16H25N5/c1-16(2,3)13-6-4-11(5-7-13)12-8-9-21(10-12)15(19)20-14(17)18/h4-7,12H,8-10H2,1-3H3,(H5,17,18,19,20). The normalized spacial score (nSPS) is 18.6. The molecule has 1 unspecified atom stereocenters. The van der Waals surface area contributed by atoms with Crippen LogP contribution in [-0.4, -0.2) is 29.9 Å². The average molecular weight is 287 g/mol. The molecule has 1 aliphatic heterocycles. The molecule has 0 radical (unpaired) electrons. The molecule has 0 bridgehead atoms. The van der Waals surface area contributed by atoms with Crippen LogP contribution >= 0.6 is 0 Å². The van der Waals surface area contributed by atoms with Gasteiger partial charge in [0, 0.05) is 19.0 Å². The van der Waals surface area contributed by atoms with Crippen LogP contribution in [0.15, 0.2) is 29.3 Å². The Morgan fingerprint density at radius 3 is 2.38 bits per heavy atom. The van der Waals surface area contributed by atoms with Gasteiger partial charge in [-0.3, -0.25) is 5.41 Å². The largest absolute Gasteiger partial charge is 0.370 e. The average Bonchev–Trinajstić information content (AvgIpc) is 2.86. The summed E-state index contributed by atoms with van der Waals surface area (Å²) in [6.45, 7) is 8.27. The lowest BCUT2D eigenvalue weighted by molar-refractivity contribution is 0.501. The lowest BCUT2D eigenvalue weighted by atomic mass is 9.85. The minimum atomic E-state index is -0.0574. The van der Waals surface area contributed by atoms with E-state index < -0.39 is 0 Å². The summed E-state index contributed by atoms with van der Waals surface area (Å²) in [6, 6.07) is 8.83. The van der Waals surface area contributed by atoms with E-state index in [4.69, 9.17) is 16.9 Å². The van der Waals surface area contributed by atoms with Gasteiger partial charge < -0.3 is 16.4 Å². The Labute approximate surface area is 126 Å². The van der Waals surface area contributed by atoms with Crippen molar-refractivity contribution >= 4 is 11.9 Å². The first-order valence-corrected chi connectivity index (χ1v) is 7.31. The Hall–Kier alpha value is -2.04. The summed E-state index contributed by atoms with van der Waals surface area (Å²) in [5.74, 6) is 0.537. The van der Waals surface area contributed by atoms with Crippen LogP contribution in [0.1, 0.15) is 44.2 Å². The van der Waals surface area contributed by atoms with E-state index >= 15 is 0 Å². The minimum Gasteiger partial charge on any atom is -0.370 e. The fourth-order valence-corrected chi connectivity index (χ4v) is 2.67. The van der Waals surface area contributed by atoms with Crippen molar-refractivity contribution in [2.75, 3.05) is 13.1 Å². The quantitative estimate of drug-likeness (QED) is 0.545. The summed E-state index contributed by atoms with van der Waals surface area (Å²) in [6.07, 6.45) is 1.03. The first-order valence-electron chi connectivity index (χ1n) is 7.31. The zero-order chi connectivity index (χ0) is 15.6. The van der Waals surface area contributed by atoms with Gasteiger partial charge in [0.25, 0.3) is 0 Å². The van der Waals surface area contributed by atoms with Crippen LogP contribution in [0, 0.1) is 5.41 Å². The summed E-state index contributed by atoms with van der Waals surface area (Å²) in [5.41, 5.74) is 13.5. The van der Waals surface area contributed by atoms with E-state index in [0.29, 0.717) is 5.92 Å². The predicted molar refractivity (Wildman–Crippen MR) is 87.6 cm³/mol. The summed E-state index contributed by atoms with van der Waals surface area (Å²) in [7, 11) is 0. The van der Waals surface area contributed by atoms with E-state index in [-0.39, 0.29) is 17.3 Å². The molecule has 1 aromatic rings. The third-order valence-electron chi connectivity index (χ3n) is 3.97. The fraction of sp³-hybridized carbons (Fsp3) is 0.500. The molecule has 5 heteroatoms. The molecule has 0 aromatic heterocycles. The molecule has 0 aliphatic carbocycles. The van der Waals surface area contributed by atoms with Crippen molar-refractivity contribution in [1.29, 1.82) is 5.41 Å². The fourth-order valence-electron chi connectivity index (χ4n) is 2.67. The van der Waals surface area contributed by atoms with Gasteiger partial charge in [-0.05, 0) is 23.0 Å². The molecule has 0 saturated carbocycles. The topological polar surface area (TPSA) is 91.5 Å².